The molecule has 4 nitrogen and oxygen atoms in total. The number of amides is 2. The second kappa shape index (κ2) is 6.32. The molecule has 0 bridgehead atoms. The predicted molar refractivity (Wildman–Crippen MR) is 99.7 cm³/mol. The number of anilines is 2. The molecule has 1 N–H and O–H groups in total. The van der Waals surface area contributed by atoms with Gasteiger partial charge in [-0.25, -0.2) is 4.90 Å². The van der Waals surface area contributed by atoms with Crippen molar-refractivity contribution in [2.75, 3.05) is 10.2 Å². The topological polar surface area (TPSA) is 49.4 Å². The van der Waals surface area contributed by atoms with Crippen LogP contribution in [0.4, 0.5) is 16.2 Å². The minimum atomic E-state index is -0.597. The Labute approximate surface area is 146 Å². The van der Waals surface area contributed by atoms with Crippen molar-refractivity contribution in [1.29, 1.82) is 0 Å². The van der Waals surface area contributed by atoms with Gasteiger partial charge in [-0.2, -0.15) is 0 Å². The molecule has 0 aromatic heterocycles. The van der Waals surface area contributed by atoms with Gasteiger partial charge in [-0.15, -0.1) is 0 Å². The lowest BCUT2D eigenvalue weighted by molar-refractivity contribution is -0.116. The van der Waals surface area contributed by atoms with Crippen LogP contribution < -0.4 is 10.2 Å². The number of imide groups is 1. The first-order valence-electron chi connectivity index (χ1n) is 7.82. The molecule has 2 amide bonds. The molecule has 2 aromatic rings. The zero-order valence-electron chi connectivity index (χ0n) is 14.2. The van der Waals surface area contributed by atoms with Crippen LogP contribution in [-0.2, 0) is 4.79 Å². The molecule has 1 atom stereocenters. The molecule has 1 aliphatic heterocycles. The number of hydrogen-bond acceptors (Lipinski definition) is 4. The lowest BCUT2D eigenvalue weighted by Gasteiger charge is -2.17. The monoisotopic (exact) mass is 340 g/mol. The summed E-state index contributed by atoms with van der Waals surface area (Å²) < 4.78 is 0. The molecule has 0 aliphatic carbocycles. The van der Waals surface area contributed by atoms with Crippen LogP contribution >= 0.6 is 11.8 Å². The number of benzene rings is 2. The molecule has 0 spiro atoms. The van der Waals surface area contributed by atoms with Gasteiger partial charge in [0, 0.05) is 5.69 Å². The molecule has 1 saturated heterocycles. The smallest absolute Gasteiger partial charge is 0.295 e. The molecule has 124 valence electrons. The highest BCUT2D eigenvalue weighted by molar-refractivity contribution is 8.16. The molecule has 2 aromatic carbocycles. The molecule has 0 radical (unpaired) electrons. The zero-order valence-corrected chi connectivity index (χ0v) is 15.0. The van der Waals surface area contributed by atoms with Crippen LogP contribution in [0.3, 0.4) is 0 Å². The maximum absolute atomic E-state index is 12.7. The average Bonchev–Trinajstić information content (AvgIpc) is 2.79. The molecule has 5 heteroatoms. The van der Waals surface area contributed by atoms with E-state index in [-0.39, 0.29) is 11.1 Å². The van der Waals surface area contributed by atoms with Crippen molar-refractivity contribution in [3.05, 3.63) is 58.7 Å². The van der Waals surface area contributed by atoms with E-state index in [9.17, 15) is 9.59 Å². The SMILES string of the molecule is Cc1ccc(NC2SC(=O)N(c3ccc(C)c(C)c3)C2=O)c(C)c1. The van der Waals surface area contributed by atoms with Crippen molar-refractivity contribution in [3.8, 4) is 0 Å². The minimum absolute atomic E-state index is 0.228. The molecule has 1 heterocycles. The minimum Gasteiger partial charge on any atom is -0.365 e. The quantitative estimate of drug-likeness (QED) is 0.890. The molecule has 0 saturated carbocycles. The third-order valence-corrected chi connectivity index (χ3v) is 5.20. The van der Waals surface area contributed by atoms with Crippen LogP contribution in [0.2, 0.25) is 0 Å². The van der Waals surface area contributed by atoms with Gasteiger partial charge in [0.05, 0.1) is 5.69 Å². The van der Waals surface area contributed by atoms with Gasteiger partial charge in [0.2, 0.25) is 0 Å². The van der Waals surface area contributed by atoms with E-state index in [0.29, 0.717) is 5.69 Å². The summed E-state index contributed by atoms with van der Waals surface area (Å²) in [4.78, 5) is 26.3. The maximum Gasteiger partial charge on any atom is 0.295 e. The maximum atomic E-state index is 12.7. The van der Waals surface area contributed by atoms with Crippen molar-refractivity contribution in [1.82, 2.24) is 0 Å². The van der Waals surface area contributed by atoms with Gasteiger partial charge in [0.15, 0.2) is 5.37 Å². The fraction of sp³-hybridized carbons (Fsp3) is 0.263. The van der Waals surface area contributed by atoms with Gasteiger partial charge in [-0.3, -0.25) is 9.59 Å². The number of thioether (sulfide) groups is 1. The predicted octanol–water partition coefficient (Wildman–Crippen LogP) is 4.56. The van der Waals surface area contributed by atoms with E-state index in [4.69, 9.17) is 0 Å². The lowest BCUT2D eigenvalue weighted by Crippen LogP contribution is -2.34. The summed E-state index contributed by atoms with van der Waals surface area (Å²) in [5, 5.41) is 2.35. The largest absolute Gasteiger partial charge is 0.365 e. The number of nitrogens with one attached hydrogen (secondary N) is 1. The zero-order chi connectivity index (χ0) is 17.4. The Morgan fingerprint density at radius 1 is 0.917 bits per heavy atom. The number of aryl methyl sites for hydroxylation is 4. The number of carbonyl (C=O) groups is 2. The van der Waals surface area contributed by atoms with Crippen molar-refractivity contribution in [2.24, 2.45) is 0 Å². The van der Waals surface area contributed by atoms with Crippen LogP contribution in [-0.4, -0.2) is 16.5 Å². The second-order valence-corrected chi connectivity index (χ2v) is 7.23. The van der Waals surface area contributed by atoms with Crippen LogP contribution in [0.15, 0.2) is 36.4 Å². The number of nitrogens with zero attached hydrogens (tertiary/aromatic N) is 1. The Balaban J connectivity index is 1.84. The normalized spacial score (nSPS) is 17.5. The van der Waals surface area contributed by atoms with Gasteiger partial charge in [0.25, 0.3) is 11.1 Å². The summed E-state index contributed by atoms with van der Waals surface area (Å²) >= 11 is 1.02. The van der Waals surface area contributed by atoms with Crippen LogP contribution in [0.25, 0.3) is 0 Å². The number of carbonyl (C=O) groups excluding carboxylic acids is 2. The highest BCUT2D eigenvalue weighted by Gasteiger charge is 2.40. The van der Waals surface area contributed by atoms with Crippen molar-refractivity contribution in [3.63, 3.8) is 0 Å². The van der Waals surface area contributed by atoms with Crippen molar-refractivity contribution >= 4 is 34.3 Å². The van der Waals surface area contributed by atoms with E-state index in [2.05, 4.69) is 11.4 Å². The van der Waals surface area contributed by atoms with Gasteiger partial charge < -0.3 is 5.32 Å². The first-order chi connectivity index (χ1) is 11.4. The van der Waals surface area contributed by atoms with Crippen LogP contribution in [0.5, 0.6) is 0 Å². The molecule has 1 unspecified atom stereocenters. The average molecular weight is 340 g/mol. The summed E-state index contributed by atoms with van der Waals surface area (Å²) in [5.74, 6) is -0.228. The van der Waals surface area contributed by atoms with E-state index in [1.54, 1.807) is 0 Å². The standard InChI is InChI=1S/C19H20N2O2S/c1-11-5-8-16(14(4)9-11)20-17-18(22)21(19(23)24-17)15-7-6-12(2)13(3)10-15/h5-10,17,20H,1-4H3. The van der Waals surface area contributed by atoms with Gasteiger partial charge in [-0.05, 0) is 74.3 Å². The Kier molecular flexibility index (Phi) is 4.37. The fourth-order valence-electron chi connectivity index (χ4n) is 2.72. The molecule has 3 rings (SSSR count). The summed E-state index contributed by atoms with van der Waals surface area (Å²) in [6.07, 6.45) is 0. The van der Waals surface area contributed by atoms with E-state index >= 15 is 0 Å². The summed E-state index contributed by atoms with van der Waals surface area (Å²) in [5.41, 5.74) is 5.92. The highest BCUT2D eigenvalue weighted by Crippen LogP contribution is 2.33. The fourth-order valence-corrected chi connectivity index (χ4v) is 3.61. The Hall–Kier alpha value is -2.27. The van der Waals surface area contributed by atoms with Crippen LogP contribution in [0.1, 0.15) is 22.3 Å². The molecular weight excluding hydrogens is 320 g/mol. The second-order valence-electron chi connectivity index (χ2n) is 6.17. The molecule has 1 aliphatic rings. The first-order valence-corrected chi connectivity index (χ1v) is 8.70. The van der Waals surface area contributed by atoms with Crippen molar-refractivity contribution in [2.45, 2.75) is 33.1 Å². The van der Waals surface area contributed by atoms with Gasteiger partial charge in [0.1, 0.15) is 0 Å². The van der Waals surface area contributed by atoms with E-state index in [1.165, 1.54) is 4.90 Å². The van der Waals surface area contributed by atoms with Gasteiger partial charge >= 0.3 is 0 Å². The van der Waals surface area contributed by atoms with E-state index < -0.39 is 5.37 Å². The molecular formula is C19H20N2O2S. The highest BCUT2D eigenvalue weighted by atomic mass is 32.2. The van der Waals surface area contributed by atoms with Crippen LogP contribution in [0, 0.1) is 27.7 Å². The summed E-state index contributed by atoms with van der Waals surface area (Å²) in [6.45, 7) is 7.99. The van der Waals surface area contributed by atoms with E-state index in [1.807, 2.05) is 58.0 Å². The van der Waals surface area contributed by atoms with Gasteiger partial charge in [-0.1, -0.05) is 23.8 Å². The van der Waals surface area contributed by atoms with Crippen molar-refractivity contribution < 1.29 is 9.59 Å². The first kappa shape index (κ1) is 16.6. The molecule has 1 fully saturated rings. The third-order valence-electron chi connectivity index (χ3n) is 4.26. The number of rotatable bonds is 3. The van der Waals surface area contributed by atoms with E-state index in [0.717, 1.165) is 39.7 Å². The molecule has 24 heavy (non-hydrogen) atoms. The number of hydrogen-bond donors (Lipinski definition) is 1. The summed E-state index contributed by atoms with van der Waals surface area (Å²) in [6, 6.07) is 11.6. The lowest BCUT2D eigenvalue weighted by atomic mass is 10.1. The summed E-state index contributed by atoms with van der Waals surface area (Å²) in [7, 11) is 0. The Morgan fingerprint density at radius 3 is 2.33 bits per heavy atom. The Morgan fingerprint density at radius 2 is 1.67 bits per heavy atom. The third kappa shape index (κ3) is 3.04. The Bertz CT molecular complexity index is 832.